The molecule has 2 amide bonds. The Morgan fingerprint density at radius 1 is 0.941 bits per heavy atom. The highest BCUT2D eigenvalue weighted by molar-refractivity contribution is 9.11. The molecule has 1 heterocycles. The fourth-order valence-corrected chi connectivity index (χ4v) is 5.58. The number of halogens is 2. The van der Waals surface area contributed by atoms with Gasteiger partial charge in [-0.25, -0.2) is 0 Å². The first-order chi connectivity index (χ1) is 16.4. The van der Waals surface area contributed by atoms with E-state index < -0.39 is 0 Å². The van der Waals surface area contributed by atoms with Gasteiger partial charge in [0.05, 0.1) is 20.4 Å². The van der Waals surface area contributed by atoms with Crippen molar-refractivity contribution in [1.29, 1.82) is 0 Å². The maximum atomic E-state index is 12.8. The molecule has 34 heavy (non-hydrogen) atoms. The number of benzene rings is 3. The molecule has 0 unspecified atom stereocenters. The van der Waals surface area contributed by atoms with Gasteiger partial charge in [0.25, 0.3) is 11.1 Å². The van der Waals surface area contributed by atoms with Gasteiger partial charge >= 0.3 is 0 Å². The van der Waals surface area contributed by atoms with Gasteiger partial charge in [0, 0.05) is 0 Å². The summed E-state index contributed by atoms with van der Waals surface area (Å²) in [5.41, 5.74) is 2.97. The van der Waals surface area contributed by atoms with E-state index in [1.54, 1.807) is 6.08 Å². The van der Waals surface area contributed by atoms with Gasteiger partial charge in [0.15, 0.2) is 0 Å². The minimum absolute atomic E-state index is 0.190. The van der Waals surface area contributed by atoms with E-state index in [-0.39, 0.29) is 24.3 Å². The van der Waals surface area contributed by atoms with Crippen molar-refractivity contribution in [1.82, 2.24) is 4.90 Å². The van der Waals surface area contributed by atoms with Crippen LogP contribution in [-0.4, -0.2) is 29.2 Å². The van der Waals surface area contributed by atoms with Crippen LogP contribution in [0.1, 0.15) is 16.7 Å². The third-order valence-electron chi connectivity index (χ3n) is 5.02. The minimum Gasteiger partial charge on any atom is -0.492 e. The lowest BCUT2D eigenvalue weighted by molar-refractivity contribution is -0.123. The third kappa shape index (κ3) is 6.11. The van der Waals surface area contributed by atoms with Gasteiger partial charge in [-0.3, -0.25) is 14.5 Å². The van der Waals surface area contributed by atoms with E-state index in [0.29, 0.717) is 23.0 Å². The van der Waals surface area contributed by atoms with Crippen LogP contribution in [-0.2, 0) is 11.4 Å². The SMILES string of the molecule is Cc1ccc(OCCN2C(=O)S/C(=C\c3cc(Br)c(OCc4ccccc4)c(Br)c3)C2=O)cc1. The van der Waals surface area contributed by atoms with Crippen molar-refractivity contribution in [3.63, 3.8) is 0 Å². The molecule has 0 spiro atoms. The van der Waals surface area contributed by atoms with Gasteiger partial charge in [0.1, 0.15) is 24.7 Å². The molecule has 1 aliphatic heterocycles. The predicted octanol–water partition coefficient (Wildman–Crippen LogP) is 7.21. The van der Waals surface area contributed by atoms with E-state index >= 15 is 0 Å². The predicted molar refractivity (Wildman–Crippen MR) is 142 cm³/mol. The summed E-state index contributed by atoms with van der Waals surface area (Å²) >= 11 is 8.03. The zero-order chi connectivity index (χ0) is 24.1. The van der Waals surface area contributed by atoms with Crippen molar-refractivity contribution >= 4 is 60.8 Å². The van der Waals surface area contributed by atoms with E-state index in [1.165, 1.54) is 4.90 Å². The number of carbonyl (C=O) groups is 2. The Morgan fingerprint density at radius 3 is 2.29 bits per heavy atom. The first-order valence-corrected chi connectivity index (χ1v) is 12.9. The molecule has 4 rings (SSSR count). The van der Waals surface area contributed by atoms with E-state index in [9.17, 15) is 9.59 Å². The van der Waals surface area contributed by atoms with Gasteiger partial charge in [0.2, 0.25) is 0 Å². The van der Waals surface area contributed by atoms with E-state index in [0.717, 1.165) is 37.4 Å². The van der Waals surface area contributed by atoms with Gasteiger partial charge in [-0.1, -0.05) is 48.0 Å². The number of hydrogen-bond acceptors (Lipinski definition) is 5. The number of rotatable bonds is 8. The number of amides is 2. The van der Waals surface area contributed by atoms with Crippen LogP contribution in [0.3, 0.4) is 0 Å². The third-order valence-corrected chi connectivity index (χ3v) is 7.11. The maximum absolute atomic E-state index is 12.8. The Morgan fingerprint density at radius 2 is 1.62 bits per heavy atom. The molecule has 3 aromatic carbocycles. The van der Waals surface area contributed by atoms with Crippen LogP contribution in [0.25, 0.3) is 6.08 Å². The van der Waals surface area contributed by atoms with Gasteiger partial charge < -0.3 is 9.47 Å². The smallest absolute Gasteiger partial charge is 0.293 e. The molecule has 1 fully saturated rings. The molecule has 0 saturated carbocycles. The van der Waals surface area contributed by atoms with Crippen LogP contribution in [0.15, 0.2) is 80.6 Å². The summed E-state index contributed by atoms with van der Waals surface area (Å²) in [5, 5.41) is -0.301. The lowest BCUT2D eigenvalue weighted by Crippen LogP contribution is -2.32. The Kier molecular flexibility index (Phi) is 8.13. The lowest BCUT2D eigenvalue weighted by Gasteiger charge is -2.13. The first kappa shape index (κ1) is 24.6. The Bertz CT molecular complexity index is 1210. The fourth-order valence-electron chi connectivity index (χ4n) is 3.26. The van der Waals surface area contributed by atoms with E-state index in [1.807, 2.05) is 73.7 Å². The van der Waals surface area contributed by atoms with Crippen LogP contribution in [0, 0.1) is 6.92 Å². The topological polar surface area (TPSA) is 55.8 Å². The molecule has 1 saturated heterocycles. The highest BCUT2D eigenvalue weighted by Crippen LogP contribution is 2.38. The average molecular weight is 603 g/mol. The Hall–Kier alpha value is -2.55. The molecule has 0 radical (unpaired) electrons. The quantitative estimate of drug-likeness (QED) is 0.255. The largest absolute Gasteiger partial charge is 0.492 e. The molecule has 0 N–H and O–H groups in total. The van der Waals surface area contributed by atoms with Gasteiger partial charge in [-0.15, -0.1) is 0 Å². The zero-order valence-electron chi connectivity index (χ0n) is 18.3. The molecular formula is C26H21Br2NO4S. The summed E-state index contributed by atoms with van der Waals surface area (Å²) in [7, 11) is 0. The van der Waals surface area contributed by atoms with Crippen molar-refractivity contribution in [2.24, 2.45) is 0 Å². The van der Waals surface area contributed by atoms with Crippen LogP contribution >= 0.6 is 43.6 Å². The fraction of sp³-hybridized carbons (Fsp3) is 0.154. The minimum atomic E-state index is -0.320. The van der Waals surface area contributed by atoms with Crippen molar-refractivity contribution in [3.8, 4) is 11.5 Å². The molecule has 0 bridgehead atoms. The summed E-state index contributed by atoms with van der Waals surface area (Å²) in [6.07, 6.45) is 1.71. The summed E-state index contributed by atoms with van der Waals surface area (Å²) in [6, 6.07) is 21.2. The average Bonchev–Trinajstić information content (AvgIpc) is 3.08. The molecule has 8 heteroatoms. The summed E-state index contributed by atoms with van der Waals surface area (Å²) in [6.45, 7) is 2.86. The van der Waals surface area contributed by atoms with Crippen molar-refractivity contribution in [2.75, 3.05) is 13.2 Å². The van der Waals surface area contributed by atoms with Crippen LogP contribution in [0.5, 0.6) is 11.5 Å². The van der Waals surface area contributed by atoms with Crippen molar-refractivity contribution in [3.05, 3.63) is 97.3 Å². The summed E-state index contributed by atoms with van der Waals surface area (Å²) in [5.74, 6) is 1.05. The van der Waals surface area contributed by atoms with E-state index in [2.05, 4.69) is 31.9 Å². The molecule has 3 aromatic rings. The molecule has 1 aliphatic rings. The second-order valence-corrected chi connectivity index (χ2v) is 10.3. The van der Waals surface area contributed by atoms with Crippen LogP contribution in [0.2, 0.25) is 0 Å². The number of thioether (sulfide) groups is 1. The standard InChI is InChI=1S/C26H21Br2NO4S/c1-17-7-9-20(10-8-17)32-12-11-29-25(30)23(34-26(29)31)15-19-13-21(27)24(22(28)14-19)33-16-18-5-3-2-4-6-18/h2-10,13-15H,11-12,16H2,1H3/b23-15-. The number of nitrogens with zero attached hydrogens (tertiary/aromatic N) is 1. The highest BCUT2D eigenvalue weighted by Gasteiger charge is 2.34. The van der Waals surface area contributed by atoms with E-state index in [4.69, 9.17) is 9.47 Å². The molecule has 0 atom stereocenters. The van der Waals surface area contributed by atoms with Crippen molar-refractivity contribution in [2.45, 2.75) is 13.5 Å². The monoisotopic (exact) mass is 601 g/mol. The number of ether oxygens (including phenoxy) is 2. The van der Waals surface area contributed by atoms with Crippen molar-refractivity contribution < 1.29 is 19.1 Å². The molecule has 0 aliphatic carbocycles. The molecule has 5 nitrogen and oxygen atoms in total. The second kappa shape index (κ2) is 11.3. The van der Waals surface area contributed by atoms with Crippen LogP contribution in [0.4, 0.5) is 4.79 Å². The maximum Gasteiger partial charge on any atom is 0.293 e. The van der Waals surface area contributed by atoms with Gasteiger partial charge in [-0.2, -0.15) is 0 Å². The molecular weight excluding hydrogens is 582 g/mol. The van der Waals surface area contributed by atoms with Crippen LogP contribution < -0.4 is 9.47 Å². The number of carbonyl (C=O) groups excluding carboxylic acids is 2. The second-order valence-electron chi connectivity index (χ2n) is 7.58. The zero-order valence-corrected chi connectivity index (χ0v) is 22.3. The number of hydrogen-bond donors (Lipinski definition) is 0. The first-order valence-electron chi connectivity index (χ1n) is 10.5. The molecule has 174 valence electrons. The normalized spacial score (nSPS) is 14.7. The lowest BCUT2D eigenvalue weighted by atomic mass is 10.2. The number of imide groups is 1. The van der Waals surface area contributed by atoms with Gasteiger partial charge in [-0.05, 0) is 92.0 Å². The highest BCUT2D eigenvalue weighted by atomic mass is 79.9. The molecule has 0 aromatic heterocycles. The number of aryl methyl sites for hydroxylation is 1. The summed E-state index contributed by atoms with van der Waals surface area (Å²) in [4.78, 5) is 26.8. The Balaban J connectivity index is 1.40. The Labute approximate surface area is 219 Å². The summed E-state index contributed by atoms with van der Waals surface area (Å²) < 4.78 is 13.1.